The first-order valence-electron chi connectivity index (χ1n) is 6.78. The zero-order valence-electron chi connectivity index (χ0n) is 11.1. The summed E-state index contributed by atoms with van der Waals surface area (Å²) >= 11 is 0. The molecule has 1 aromatic heterocycles. The van der Waals surface area contributed by atoms with Gasteiger partial charge in [0.05, 0.1) is 0 Å². The van der Waals surface area contributed by atoms with E-state index in [2.05, 4.69) is 17.1 Å². The lowest BCUT2D eigenvalue weighted by Crippen LogP contribution is -2.14. The van der Waals surface area contributed by atoms with Gasteiger partial charge in [0, 0.05) is 23.0 Å². The van der Waals surface area contributed by atoms with Crippen molar-refractivity contribution >= 4 is 10.9 Å². The van der Waals surface area contributed by atoms with E-state index in [1.54, 1.807) is 12.1 Å². The number of nitrogens with one attached hydrogen (secondary N) is 1. The van der Waals surface area contributed by atoms with Crippen LogP contribution in [0.25, 0.3) is 10.9 Å². The van der Waals surface area contributed by atoms with E-state index in [9.17, 15) is 4.39 Å². The lowest BCUT2D eigenvalue weighted by Gasteiger charge is -2.14. The lowest BCUT2D eigenvalue weighted by molar-refractivity contribution is 0.629. The van der Waals surface area contributed by atoms with Gasteiger partial charge in [0.25, 0.3) is 0 Å². The van der Waals surface area contributed by atoms with E-state index in [0.717, 1.165) is 22.9 Å². The van der Waals surface area contributed by atoms with Gasteiger partial charge in [-0.25, -0.2) is 4.39 Å². The van der Waals surface area contributed by atoms with E-state index in [1.165, 1.54) is 11.6 Å². The summed E-state index contributed by atoms with van der Waals surface area (Å²) in [7, 11) is 0. The molecule has 3 aromatic rings. The summed E-state index contributed by atoms with van der Waals surface area (Å²) in [5, 5.41) is 0.927. The van der Waals surface area contributed by atoms with Crippen molar-refractivity contribution in [2.24, 2.45) is 5.73 Å². The number of hydrogen-bond donors (Lipinski definition) is 2. The Balaban J connectivity index is 1.97. The minimum atomic E-state index is -0.214. The molecule has 0 aliphatic heterocycles. The Morgan fingerprint density at radius 1 is 1.10 bits per heavy atom. The molecule has 0 bridgehead atoms. The van der Waals surface area contributed by atoms with Gasteiger partial charge < -0.3 is 10.7 Å². The number of benzene rings is 2. The summed E-state index contributed by atoms with van der Waals surface area (Å²) < 4.78 is 13.4. The number of rotatable bonds is 4. The van der Waals surface area contributed by atoms with Gasteiger partial charge in [-0.1, -0.05) is 30.3 Å². The van der Waals surface area contributed by atoms with Crippen LogP contribution in [-0.2, 0) is 6.42 Å². The number of hydrogen-bond acceptors (Lipinski definition) is 1. The predicted octanol–water partition coefficient (Wildman–Crippen LogP) is 3.59. The van der Waals surface area contributed by atoms with Crippen LogP contribution < -0.4 is 5.73 Å². The molecule has 0 aliphatic rings. The Kier molecular flexibility index (Phi) is 3.52. The van der Waals surface area contributed by atoms with Crippen molar-refractivity contribution in [2.75, 3.05) is 6.54 Å². The Hall–Kier alpha value is -2.13. The fraction of sp³-hybridized carbons (Fsp3) is 0.176. The first kappa shape index (κ1) is 12.9. The highest BCUT2D eigenvalue weighted by Crippen LogP contribution is 2.28. The molecule has 0 spiro atoms. The van der Waals surface area contributed by atoms with Crippen molar-refractivity contribution in [1.29, 1.82) is 0 Å². The van der Waals surface area contributed by atoms with E-state index in [0.29, 0.717) is 6.54 Å². The number of nitrogens with two attached hydrogens (primary N) is 1. The summed E-state index contributed by atoms with van der Waals surface area (Å²) in [5.41, 5.74) is 9.22. The summed E-state index contributed by atoms with van der Waals surface area (Å²) in [6, 6.07) is 15.1. The third kappa shape index (κ3) is 2.45. The molecule has 2 aromatic carbocycles. The summed E-state index contributed by atoms with van der Waals surface area (Å²) in [5.74, 6) is -0.0261. The van der Waals surface area contributed by atoms with Crippen molar-refractivity contribution in [1.82, 2.24) is 4.98 Å². The predicted molar refractivity (Wildman–Crippen MR) is 80.2 cm³/mol. The van der Waals surface area contributed by atoms with Gasteiger partial charge in [-0.2, -0.15) is 0 Å². The highest BCUT2D eigenvalue weighted by molar-refractivity contribution is 5.83. The summed E-state index contributed by atoms with van der Waals surface area (Å²) in [6.45, 7) is 0.540. The molecule has 0 fully saturated rings. The smallest absolute Gasteiger partial charge is 0.123 e. The Bertz CT molecular complexity index is 703. The molecule has 20 heavy (non-hydrogen) atoms. The van der Waals surface area contributed by atoms with Crippen molar-refractivity contribution in [3.8, 4) is 0 Å². The molecule has 0 amide bonds. The average molecular weight is 268 g/mol. The topological polar surface area (TPSA) is 41.8 Å². The maximum Gasteiger partial charge on any atom is 0.123 e. The maximum absolute atomic E-state index is 13.4. The maximum atomic E-state index is 13.4. The monoisotopic (exact) mass is 268 g/mol. The van der Waals surface area contributed by atoms with E-state index in [4.69, 9.17) is 5.73 Å². The Morgan fingerprint density at radius 2 is 1.90 bits per heavy atom. The van der Waals surface area contributed by atoms with Crippen LogP contribution in [0, 0.1) is 5.82 Å². The van der Waals surface area contributed by atoms with Crippen LogP contribution in [0.2, 0.25) is 0 Å². The second-order valence-corrected chi connectivity index (χ2v) is 5.06. The van der Waals surface area contributed by atoms with Crippen molar-refractivity contribution in [2.45, 2.75) is 12.3 Å². The van der Waals surface area contributed by atoms with E-state index >= 15 is 0 Å². The molecule has 102 valence electrons. The lowest BCUT2D eigenvalue weighted by atomic mass is 9.92. The molecule has 0 saturated carbocycles. The van der Waals surface area contributed by atoms with E-state index in [-0.39, 0.29) is 11.7 Å². The summed E-state index contributed by atoms with van der Waals surface area (Å²) in [4.78, 5) is 3.19. The molecule has 2 nitrogen and oxygen atoms in total. The fourth-order valence-electron chi connectivity index (χ4n) is 2.67. The van der Waals surface area contributed by atoms with Gasteiger partial charge in [-0.15, -0.1) is 0 Å². The number of aromatic nitrogens is 1. The molecule has 0 aliphatic carbocycles. The van der Waals surface area contributed by atoms with Gasteiger partial charge in [-0.3, -0.25) is 0 Å². The molecule has 3 N–H and O–H groups in total. The van der Waals surface area contributed by atoms with Crippen LogP contribution in [0.1, 0.15) is 17.0 Å². The van der Waals surface area contributed by atoms with Crippen molar-refractivity contribution in [3.05, 3.63) is 71.7 Å². The number of aromatic amines is 1. The highest BCUT2D eigenvalue weighted by atomic mass is 19.1. The number of halogens is 1. The average Bonchev–Trinajstić information content (AvgIpc) is 2.89. The first-order chi connectivity index (χ1) is 9.78. The minimum absolute atomic E-state index is 0.188. The van der Waals surface area contributed by atoms with Crippen LogP contribution in [0.4, 0.5) is 4.39 Å². The zero-order chi connectivity index (χ0) is 13.9. The van der Waals surface area contributed by atoms with Crippen LogP contribution in [0.15, 0.2) is 54.7 Å². The molecule has 1 unspecified atom stereocenters. The molecule has 3 rings (SSSR count). The number of H-pyrrole nitrogens is 1. The van der Waals surface area contributed by atoms with Gasteiger partial charge in [0.15, 0.2) is 0 Å². The minimum Gasteiger partial charge on any atom is -0.361 e. The van der Waals surface area contributed by atoms with Crippen LogP contribution in [0.5, 0.6) is 0 Å². The molecule has 0 saturated heterocycles. The van der Waals surface area contributed by atoms with Gasteiger partial charge >= 0.3 is 0 Å². The van der Waals surface area contributed by atoms with Gasteiger partial charge in [0.1, 0.15) is 5.82 Å². The van der Waals surface area contributed by atoms with Gasteiger partial charge in [0.2, 0.25) is 0 Å². The SMILES string of the molecule is NCC(Cc1ccccc1)c1c[nH]c2ccc(F)cc12. The molecular weight excluding hydrogens is 251 g/mol. The van der Waals surface area contributed by atoms with E-state index in [1.807, 2.05) is 24.4 Å². The zero-order valence-corrected chi connectivity index (χ0v) is 11.1. The summed E-state index contributed by atoms with van der Waals surface area (Å²) in [6.07, 6.45) is 2.81. The molecule has 1 heterocycles. The van der Waals surface area contributed by atoms with Crippen LogP contribution >= 0.6 is 0 Å². The fourth-order valence-corrected chi connectivity index (χ4v) is 2.67. The largest absolute Gasteiger partial charge is 0.361 e. The third-order valence-electron chi connectivity index (χ3n) is 3.73. The Morgan fingerprint density at radius 3 is 2.65 bits per heavy atom. The Labute approximate surface area is 117 Å². The van der Waals surface area contributed by atoms with E-state index < -0.39 is 0 Å². The second-order valence-electron chi connectivity index (χ2n) is 5.06. The van der Waals surface area contributed by atoms with Crippen molar-refractivity contribution in [3.63, 3.8) is 0 Å². The number of fused-ring (bicyclic) bond motifs is 1. The molecule has 0 radical (unpaired) electrons. The first-order valence-corrected chi connectivity index (χ1v) is 6.78. The van der Waals surface area contributed by atoms with Gasteiger partial charge in [-0.05, 0) is 42.3 Å². The van der Waals surface area contributed by atoms with Crippen LogP contribution in [-0.4, -0.2) is 11.5 Å². The standard InChI is InChI=1S/C17H17FN2/c18-14-6-7-17-15(9-14)16(11-20-17)13(10-19)8-12-4-2-1-3-5-12/h1-7,9,11,13,20H,8,10,19H2. The molecule has 1 atom stereocenters. The van der Waals surface area contributed by atoms with Crippen molar-refractivity contribution < 1.29 is 4.39 Å². The third-order valence-corrected chi connectivity index (χ3v) is 3.73. The highest BCUT2D eigenvalue weighted by Gasteiger charge is 2.15. The quantitative estimate of drug-likeness (QED) is 0.746. The molecule has 3 heteroatoms. The second kappa shape index (κ2) is 5.47. The normalized spacial score (nSPS) is 12.7. The molecular formula is C17H17FN2. The van der Waals surface area contributed by atoms with Crippen LogP contribution in [0.3, 0.4) is 0 Å².